The second-order valence-corrected chi connectivity index (χ2v) is 1.91. The molecule has 0 atom stereocenters. The van der Waals surface area contributed by atoms with Crippen LogP contribution in [0.25, 0.3) is 0 Å². The van der Waals surface area contributed by atoms with E-state index in [2.05, 4.69) is 6.92 Å². The average Bonchev–Trinajstić information content (AvgIpc) is 1.87. The summed E-state index contributed by atoms with van der Waals surface area (Å²) in [5.41, 5.74) is 0. The molecule has 1 radical (unpaired) electrons. The molecule has 0 aromatic carbocycles. The van der Waals surface area contributed by atoms with Gasteiger partial charge in [0.1, 0.15) is 0 Å². The van der Waals surface area contributed by atoms with Crippen molar-refractivity contribution in [3.05, 3.63) is 12.1 Å². The standard InChI is InChI=1S/C6H14NO/c1-4-7(8,5-2)6-3/h1,4-6H2,2-3H3. The summed E-state index contributed by atoms with van der Waals surface area (Å²) in [6.45, 7) is 9.07. The molecule has 0 aliphatic heterocycles. The number of hydroxylamine groups is 3. The van der Waals surface area contributed by atoms with Gasteiger partial charge in [0.15, 0.2) is 0 Å². The van der Waals surface area contributed by atoms with Gasteiger partial charge in [-0.2, -0.15) is 0 Å². The number of hydrogen-bond acceptors (Lipinski definition) is 1. The molecule has 0 fully saturated rings. The third kappa shape index (κ3) is 1.80. The largest absolute Gasteiger partial charge is 0.633 e. The summed E-state index contributed by atoms with van der Waals surface area (Å²) in [5, 5.41) is 11.1. The Morgan fingerprint density at radius 2 is 1.75 bits per heavy atom. The molecule has 0 rings (SSSR count). The van der Waals surface area contributed by atoms with E-state index in [9.17, 15) is 5.21 Å². The summed E-state index contributed by atoms with van der Waals surface area (Å²) in [6.07, 6.45) is 0. The fourth-order valence-corrected chi connectivity index (χ4v) is 0.540. The lowest BCUT2D eigenvalue weighted by molar-refractivity contribution is -0.871. The lowest BCUT2D eigenvalue weighted by Crippen LogP contribution is -2.41. The summed E-state index contributed by atoms with van der Waals surface area (Å²) in [7, 11) is 0. The van der Waals surface area contributed by atoms with Crippen LogP contribution in [-0.4, -0.2) is 24.3 Å². The first-order valence-corrected chi connectivity index (χ1v) is 3.05. The molecule has 0 heterocycles. The van der Waals surface area contributed by atoms with Crippen LogP contribution in [0.3, 0.4) is 0 Å². The maximum Gasteiger partial charge on any atom is 0.0786 e. The van der Waals surface area contributed by atoms with E-state index in [4.69, 9.17) is 0 Å². The van der Waals surface area contributed by atoms with Crippen LogP contribution in [0, 0.1) is 12.1 Å². The summed E-state index contributed by atoms with van der Waals surface area (Å²) >= 11 is 0. The Balaban J connectivity index is 3.58. The topological polar surface area (TPSA) is 23.1 Å². The first kappa shape index (κ1) is 7.92. The van der Waals surface area contributed by atoms with E-state index in [0.717, 1.165) is 0 Å². The van der Waals surface area contributed by atoms with Gasteiger partial charge in [0.2, 0.25) is 0 Å². The Morgan fingerprint density at radius 3 is 1.75 bits per heavy atom. The normalized spacial score (nSPS) is 12.0. The van der Waals surface area contributed by atoms with E-state index in [0.29, 0.717) is 19.6 Å². The molecule has 0 amide bonds. The maximum absolute atomic E-state index is 11.1. The van der Waals surface area contributed by atoms with E-state index in [1.165, 1.54) is 0 Å². The molecular weight excluding hydrogens is 102 g/mol. The van der Waals surface area contributed by atoms with Crippen molar-refractivity contribution in [1.82, 2.24) is 0 Å². The van der Waals surface area contributed by atoms with E-state index < -0.39 is 0 Å². The molecule has 2 heteroatoms. The molecule has 49 valence electrons. The van der Waals surface area contributed by atoms with Gasteiger partial charge < -0.3 is 9.85 Å². The minimum absolute atomic E-state index is 0.153. The second-order valence-electron chi connectivity index (χ2n) is 1.91. The van der Waals surface area contributed by atoms with E-state index in [1.54, 1.807) is 0 Å². The van der Waals surface area contributed by atoms with Crippen molar-refractivity contribution in [2.24, 2.45) is 0 Å². The zero-order valence-corrected chi connectivity index (χ0v) is 5.68. The van der Waals surface area contributed by atoms with Crippen LogP contribution in [0.4, 0.5) is 0 Å². The second kappa shape index (κ2) is 3.05. The molecule has 0 aliphatic carbocycles. The molecule has 0 saturated carbocycles. The van der Waals surface area contributed by atoms with Crippen LogP contribution in [0.1, 0.15) is 13.8 Å². The van der Waals surface area contributed by atoms with Gasteiger partial charge in [-0.15, -0.1) is 0 Å². The Labute approximate surface area is 51.3 Å². The number of hydrogen-bond donors (Lipinski definition) is 0. The van der Waals surface area contributed by atoms with E-state index in [-0.39, 0.29) is 4.65 Å². The van der Waals surface area contributed by atoms with Gasteiger partial charge >= 0.3 is 0 Å². The van der Waals surface area contributed by atoms with Crippen LogP contribution in [0.2, 0.25) is 0 Å². The van der Waals surface area contributed by atoms with Crippen molar-refractivity contribution in [3.63, 3.8) is 0 Å². The lowest BCUT2D eigenvalue weighted by Gasteiger charge is -2.39. The van der Waals surface area contributed by atoms with Crippen LogP contribution in [0.15, 0.2) is 0 Å². The van der Waals surface area contributed by atoms with Crippen molar-refractivity contribution in [2.75, 3.05) is 19.6 Å². The van der Waals surface area contributed by atoms with Crippen LogP contribution < -0.4 is 0 Å². The molecule has 8 heavy (non-hydrogen) atoms. The minimum Gasteiger partial charge on any atom is -0.633 e. The van der Waals surface area contributed by atoms with Gasteiger partial charge in [-0.05, 0) is 13.8 Å². The molecule has 0 unspecified atom stereocenters. The van der Waals surface area contributed by atoms with Crippen molar-refractivity contribution in [3.8, 4) is 0 Å². The first-order chi connectivity index (χ1) is 3.68. The fourth-order valence-electron chi connectivity index (χ4n) is 0.540. The quantitative estimate of drug-likeness (QED) is 0.401. The molecule has 0 aromatic rings. The molecule has 0 N–H and O–H groups in total. The number of rotatable bonds is 3. The zero-order chi connectivity index (χ0) is 6.62. The van der Waals surface area contributed by atoms with Crippen LogP contribution >= 0.6 is 0 Å². The third-order valence-corrected chi connectivity index (χ3v) is 1.56. The zero-order valence-electron chi connectivity index (χ0n) is 5.68. The molecule has 0 aliphatic rings. The fraction of sp³-hybridized carbons (Fsp3) is 0.833. The Bertz CT molecular complexity index is 51.3. The molecule has 0 saturated heterocycles. The van der Waals surface area contributed by atoms with Gasteiger partial charge in [0.25, 0.3) is 0 Å². The minimum atomic E-state index is -0.153. The number of quaternary nitrogens is 1. The lowest BCUT2D eigenvalue weighted by atomic mass is 10.5. The van der Waals surface area contributed by atoms with Crippen LogP contribution in [0.5, 0.6) is 0 Å². The highest BCUT2D eigenvalue weighted by atomic mass is 16.5. The number of nitrogens with zero attached hydrogens (tertiary/aromatic N) is 1. The van der Waals surface area contributed by atoms with E-state index >= 15 is 0 Å². The predicted molar refractivity (Wildman–Crippen MR) is 34.9 cm³/mol. The average molecular weight is 116 g/mol. The highest BCUT2D eigenvalue weighted by molar-refractivity contribution is 4.39. The Morgan fingerprint density at radius 1 is 1.38 bits per heavy atom. The van der Waals surface area contributed by atoms with E-state index in [1.807, 2.05) is 13.8 Å². The van der Waals surface area contributed by atoms with Gasteiger partial charge in [0, 0.05) is 6.92 Å². The summed E-state index contributed by atoms with van der Waals surface area (Å²) in [6, 6.07) is 0. The van der Waals surface area contributed by atoms with Crippen molar-refractivity contribution < 1.29 is 4.65 Å². The van der Waals surface area contributed by atoms with Crippen LogP contribution in [-0.2, 0) is 0 Å². The molecule has 2 nitrogen and oxygen atoms in total. The third-order valence-electron chi connectivity index (χ3n) is 1.56. The monoisotopic (exact) mass is 116 g/mol. The Kier molecular flexibility index (Phi) is 3.02. The Hall–Kier alpha value is -0.0800. The van der Waals surface area contributed by atoms with Gasteiger partial charge in [-0.3, -0.25) is 0 Å². The first-order valence-electron chi connectivity index (χ1n) is 3.05. The molecular formula is C6H14NO. The highest BCUT2D eigenvalue weighted by Gasteiger charge is 2.05. The summed E-state index contributed by atoms with van der Waals surface area (Å²) in [5.74, 6) is 0. The summed E-state index contributed by atoms with van der Waals surface area (Å²) in [4.78, 5) is 0. The molecule has 0 spiro atoms. The smallest absolute Gasteiger partial charge is 0.0786 e. The SMILES string of the molecule is [CH2]C[N+]([O-])(CC)CC. The van der Waals surface area contributed by atoms with Crippen molar-refractivity contribution >= 4 is 0 Å². The predicted octanol–water partition coefficient (Wildman–Crippen LogP) is 1.17. The van der Waals surface area contributed by atoms with Crippen molar-refractivity contribution in [1.29, 1.82) is 0 Å². The summed E-state index contributed by atoms with van der Waals surface area (Å²) < 4.78 is -0.153. The highest BCUT2D eigenvalue weighted by Crippen LogP contribution is 1.99. The molecule has 0 bridgehead atoms. The molecule has 0 aromatic heterocycles. The van der Waals surface area contributed by atoms with Gasteiger partial charge in [-0.25, -0.2) is 0 Å². The van der Waals surface area contributed by atoms with Gasteiger partial charge in [-0.1, -0.05) is 0 Å². The maximum atomic E-state index is 11.1. The van der Waals surface area contributed by atoms with Crippen molar-refractivity contribution in [2.45, 2.75) is 13.8 Å². The van der Waals surface area contributed by atoms with Gasteiger partial charge in [0.05, 0.1) is 19.6 Å².